The molecular weight excluding hydrogens is 264 g/mol. The van der Waals surface area contributed by atoms with E-state index in [4.69, 9.17) is 5.11 Å². The Labute approximate surface area is 93.6 Å². The number of nitrogens with zero attached hydrogens (tertiary/aromatic N) is 2. The molecule has 0 aromatic carbocycles. The van der Waals surface area contributed by atoms with Crippen LogP contribution < -0.4 is 0 Å². The number of aromatic nitrogens is 2. The Balaban J connectivity index is 2.33. The largest absolute Gasteiger partial charge is 0.392 e. The van der Waals surface area contributed by atoms with E-state index in [0.717, 1.165) is 14.9 Å². The molecule has 2 rings (SSSR count). The van der Waals surface area contributed by atoms with Gasteiger partial charge in [-0.25, -0.2) is 9.97 Å². The summed E-state index contributed by atoms with van der Waals surface area (Å²) in [6.45, 7) is -0.0194. The fourth-order valence-corrected chi connectivity index (χ4v) is 2.37. The minimum absolute atomic E-state index is 0.0194. The molecule has 0 aliphatic carbocycles. The van der Waals surface area contributed by atoms with Gasteiger partial charge in [-0.3, -0.25) is 0 Å². The van der Waals surface area contributed by atoms with Crippen molar-refractivity contribution < 1.29 is 5.11 Å². The van der Waals surface area contributed by atoms with Gasteiger partial charge in [0.1, 0.15) is 0 Å². The van der Waals surface area contributed by atoms with Gasteiger partial charge in [0.2, 0.25) is 0 Å². The molecule has 0 fully saturated rings. The van der Waals surface area contributed by atoms with Crippen LogP contribution in [0.25, 0.3) is 10.7 Å². The van der Waals surface area contributed by atoms with Crippen molar-refractivity contribution in [1.82, 2.24) is 9.97 Å². The number of aliphatic hydroxyl groups excluding tert-OH is 1. The molecule has 1 N–H and O–H groups in total. The summed E-state index contributed by atoms with van der Waals surface area (Å²) in [5.41, 5.74) is 0.726. The highest BCUT2D eigenvalue weighted by Crippen LogP contribution is 2.26. The second-order valence-corrected chi connectivity index (χ2v) is 4.53. The van der Waals surface area contributed by atoms with Gasteiger partial charge < -0.3 is 5.11 Å². The SMILES string of the molecule is OCc1cnc(-c2cc(Br)cs2)nc1. The monoisotopic (exact) mass is 270 g/mol. The summed E-state index contributed by atoms with van der Waals surface area (Å²) in [4.78, 5) is 9.32. The van der Waals surface area contributed by atoms with Crippen molar-refractivity contribution in [2.45, 2.75) is 6.61 Å². The van der Waals surface area contributed by atoms with Gasteiger partial charge in [0.25, 0.3) is 0 Å². The zero-order chi connectivity index (χ0) is 9.97. The molecular formula is C9H7BrN2OS. The number of hydrogen-bond acceptors (Lipinski definition) is 4. The number of thiophene rings is 1. The maximum Gasteiger partial charge on any atom is 0.169 e. The van der Waals surface area contributed by atoms with Crippen molar-refractivity contribution >= 4 is 27.3 Å². The Hall–Kier alpha value is -0.780. The van der Waals surface area contributed by atoms with E-state index in [-0.39, 0.29) is 6.61 Å². The van der Waals surface area contributed by atoms with Gasteiger partial charge >= 0.3 is 0 Å². The standard InChI is InChI=1S/C9H7BrN2OS/c10-7-1-8(14-5-7)9-11-2-6(4-13)3-12-9/h1-3,5,13H,4H2. The van der Waals surface area contributed by atoms with Crippen LogP contribution in [0.15, 0.2) is 28.3 Å². The molecule has 0 amide bonds. The molecule has 0 unspecified atom stereocenters. The van der Waals surface area contributed by atoms with Gasteiger partial charge in [0.05, 0.1) is 11.5 Å². The third kappa shape index (κ3) is 2.00. The van der Waals surface area contributed by atoms with Crippen LogP contribution in [-0.4, -0.2) is 15.1 Å². The van der Waals surface area contributed by atoms with E-state index in [0.29, 0.717) is 5.82 Å². The summed E-state index contributed by atoms with van der Waals surface area (Å²) < 4.78 is 1.03. The maximum atomic E-state index is 8.82. The minimum atomic E-state index is -0.0194. The first-order valence-electron chi connectivity index (χ1n) is 3.96. The van der Waals surface area contributed by atoms with E-state index >= 15 is 0 Å². The first-order valence-corrected chi connectivity index (χ1v) is 5.63. The van der Waals surface area contributed by atoms with E-state index in [1.54, 1.807) is 23.7 Å². The third-order valence-electron chi connectivity index (χ3n) is 1.68. The molecule has 72 valence electrons. The van der Waals surface area contributed by atoms with E-state index in [1.165, 1.54) is 0 Å². The summed E-state index contributed by atoms with van der Waals surface area (Å²) in [6, 6.07) is 1.97. The lowest BCUT2D eigenvalue weighted by molar-refractivity contribution is 0.281. The van der Waals surface area contributed by atoms with Crippen LogP contribution in [0, 0.1) is 0 Å². The number of aliphatic hydroxyl groups is 1. The Morgan fingerprint density at radius 2 is 2.07 bits per heavy atom. The molecule has 2 aromatic rings. The molecule has 0 atom stereocenters. The zero-order valence-corrected chi connectivity index (χ0v) is 9.55. The first kappa shape index (κ1) is 9.76. The predicted octanol–water partition coefficient (Wildman–Crippen LogP) is 2.46. The summed E-state index contributed by atoms with van der Waals surface area (Å²) in [5.74, 6) is 0.693. The summed E-state index contributed by atoms with van der Waals surface area (Å²) in [7, 11) is 0. The van der Waals surface area contributed by atoms with Crippen LogP contribution in [0.2, 0.25) is 0 Å². The molecule has 2 heterocycles. The average Bonchev–Trinajstić information content (AvgIpc) is 2.65. The number of halogens is 1. The molecule has 0 saturated heterocycles. The quantitative estimate of drug-likeness (QED) is 0.912. The van der Waals surface area contributed by atoms with Gasteiger partial charge in [-0.2, -0.15) is 0 Å². The van der Waals surface area contributed by atoms with Crippen LogP contribution in [0.5, 0.6) is 0 Å². The average molecular weight is 271 g/mol. The molecule has 0 aliphatic heterocycles. The van der Waals surface area contributed by atoms with Crippen LogP contribution in [0.1, 0.15) is 5.56 Å². The molecule has 0 saturated carbocycles. The fraction of sp³-hybridized carbons (Fsp3) is 0.111. The molecule has 3 nitrogen and oxygen atoms in total. The Bertz CT molecular complexity index is 427. The molecule has 5 heteroatoms. The molecule has 2 aromatic heterocycles. The second kappa shape index (κ2) is 4.16. The van der Waals surface area contributed by atoms with Crippen molar-refractivity contribution in [1.29, 1.82) is 0 Å². The van der Waals surface area contributed by atoms with Gasteiger partial charge in [-0.15, -0.1) is 11.3 Å². The second-order valence-electron chi connectivity index (χ2n) is 2.70. The molecule has 0 radical (unpaired) electrons. The van der Waals surface area contributed by atoms with Crippen LogP contribution in [0.4, 0.5) is 0 Å². The Kier molecular flexibility index (Phi) is 2.90. The van der Waals surface area contributed by atoms with E-state index in [9.17, 15) is 0 Å². The van der Waals surface area contributed by atoms with Crippen LogP contribution >= 0.6 is 27.3 Å². The van der Waals surface area contributed by atoms with Gasteiger partial charge in [-0.05, 0) is 22.0 Å². The molecule has 14 heavy (non-hydrogen) atoms. The lowest BCUT2D eigenvalue weighted by atomic mass is 10.3. The maximum absolute atomic E-state index is 8.82. The third-order valence-corrected chi connectivity index (χ3v) is 3.36. The molecule has 0 spiro atoms. The topological polar surface area (TPSA) is 46.0 Å². The van der Waals surface area contributed by atoms with E-state index < -0.39 is 0 Å². The van der Waals surface area contributed by atoms with Gasteiger partial charge in [0.15, 0.2) is 5.82 Å². The summed E-state index contributed by atoms with van der Waals surface area (Å²) in [5, 5.41) is 10.8. The van der Waals surface area contributed by atoms with Crippen molar-refractivity contribution in [2.24, 2.45) is 0 Å². The van der Waals surface area contributed by atoms with Crippen molar-refractivity contribution in [3.8, 4) is 10.7 Å². The first-order chi connectivity index (χ1) is 6.79. The predicted molar refractivity (Wildman–Crippen MR) is 59.0 cm³/mol. The highest BCUT2D eigenvalue weighted by molar-refractivity contribution is 9.10. The highest BCUT2D eigenvalue weighted by Gasteiger charge is 2.03. The van der Waals surface area contributed by atoms with Crippen molar-refractivity contribution in [2.75, 3.05) is 0 Å². The van der Waals surface area contributed by atoms with Gasteiger partial charge in [-0.1, -0.05) is 0 Å². The normalized spacial score (nSPS) is 10.4. The Morgan fingerprint density at radius 1 is 1.36 bits per heavy atom. The fourth-order valence-electron chi connectivity index (χ4n) is 0.994. The number of hydrogen-bond donors (Lipinski definition) is 1. The zero-order valence-electron chi connectivity index (χ0n) is 7.14. The summed E-state index contributed by atoms with van der Waals surface area (Å²) in [6.07, 6.45) is 3.27. The minimum Gasteiger partial charge on any atom is -0.392 e. The summed E-state index contributed by atoms with van der Waals surface area (Å²) >= 11 is 4.95. The molecule has 0 bridgehead atoms. The lowest BCUT2D eigenvalue weighted by Crippen LogP contribution is -1.90. The lowest BCUT2D eigenvalue weighted by Gasteiger charge is -1.96. The Morgan fingerprint density at radius 3 is 2.57 bits per heavy atom. The highest BCUT2D eigenvalue weighted by atomic mass is 79.9. The van der Waals surface area contributed by atoms with Crippen molar-refractivity contribution in [3.05, 3.63) is 33.9 Å². The van der Waals surface area contributed by atoms with Crippen LogP contribution in [-0.2, 0) is 6.61 Å². The van der Waals surface area contributed by atoms with E-state index in [2.05, 4.69) is 25.9 Å². The van der Waals surface area contributed by atoms with Gasteiger partial charge in [0, 0.05) is 27.8 Å². The molecule has 0 aliphatic rings. The van der Waals surface area contributed by atoms with E-state index in [1.807, 2.05) is 11.4 Å². The van der Waals surface area contributed by atoms with Crippen LogP contribution in [0.3, 0.4) is 0 Å². The van der Waals surface area contributed by atoms with Crippen molar-refractivity contribution in [3.63, 3.8) is 0 Å². The number of rotatable bonds is 2. The smallest absolute Gasteiger partial charge is 0.169 e.